The van der Waals surface area contributed by atoms with Crippen LogP contribution in [0.5, 0.6) is 0 Å². The molecule has 1 saturated carbocycles. The van der Waals surface area contributed by atoms with Gasteiger partial charge in [-0.2, -0.15) is 0 Å². The summed E-state index contributed by atoms with van der Waals surface area (Å²) in [6.07, 6.45) is 8.73. The van der Waals surface area contributed by atoms with Crippen LogP contribution in [0.25, 0.3) is 10.9 Å². The first-order chi connectivity index (χ1) is 11.4. The van der Waals surface area contributed by atoms with Gasteiger partial charge in [0.2, 0.25) is 0 Å². The van der Waals surface area contributed by atoms with E-state index in [1.165, 1.54) is 48.7 Å². The molecule has 1 heterocycles. The highest BCUT2D eigenvalue weighted by Gasteiger charge is 2.17. The highest BCUT2D eigenvalue weighted by atomic mass is 14.7. The van der Waals surface area contributed by atoms with Crippen LogP contribution >= 0.6 is 0 Å². The van der Waals surface area contributed by atoms with Crippen molar-refractivity contribution in [3.8, 4) is 0 Å². The summed E-state index contributed by atoms with van der Waals surface area (Å²) in [6, 6.07) is 18.9. The minimum absolute atomic E-state index is 0.704. The minimum Gasteiger partial charge on any atom is -0.358 e. The van der Waals surface area contributed by atoms with Crippen molar-refractivity contribution in [3.63, 3.8) is 0 Å². The van der Waals surface area contributed by atoms with Crippen LogP contribution < -0.4 is 0 Å². The highest BCUT2D eigenvalue weighted by molar-refractivity contribution is 5.99. The molecule has 0 aliphatic heterocycles. The lowest BCUT2D eigenvalue weighted by Crippen LogP contribution is -2.04. The standard InChI is InChI=1S/C21H22N2/c1-3-8-16(9-4-1)20-14-17-10-7-11-18(21(17)23-20)15-22-19-12-5-2-6-13-19/h2,5-7,10-16,23H,1,3-4,8-9H2. The monoisotopic (exact) mass is 302 g/mol. The second-order valence-corrected chi connectivity index (χ2v) is 6.46. The number of nitrogens with zero attached hydrogens (tertiary/aromatic N) is 1. The van der Waals surface area contributed by atoms with E-state index in [0.717, 1.165) is 11.3 Å². The summed E-state index contributed by atoms with van der Waals surface area (Å²) >= 11 is 0. The van der Waals surface area contributed by atoms with Crippen LogP contribution in [0, 0.1) is 0 Å². The largest absolute Gasteiger partial charge is 0.358 e. The van der Waals surface area contributed by atoms with Gasteiger partial charge in [-0.1, -0.05) is 55.7 Å². The van der Waals surface area contributed by atoms with Gasteiger partial charge in [-0.25, -0.2) is 0 Å². The number of fused-ring (bicyclic) bond motifs is 1. The third kappa shape index (κ3) is 3.07. The Morgan fingerprint density at radius 3 is 2.57 bits per heavy atom. The molecule has 23 heavy (non-hydrogen) atoms. The van der Waals surface area contributed by atoms with Gasteiger partial charge in [0.1, 0.15) is 0 Å². The Bertz CT molecular complexity index is 808. The molecule has 0 atom stereocenters. The molecule has 3 aromatic rings. The molecular formula is C21H22N2. The number of rotatable bonds is 3. The number of aliphatic imine (C=N–C) groups is 1. The van der Waals surface area contributed by atoms with E-state index in [0.29, 0.717) is 5.92 Å². The van der Waals surface area contributed by atoms with Crippen molar-refractivity contribution in [2.45, 2.75) is 38.0 Å². The van der Waals surface area contributed by atoms with Gasteiger partial charge in [0.05, 0.1) is 11.2 Å². The predicted octanol–water partition coefficient (Wildman–Crippen LogP) is 5.97. The van der Waals surface area contributed by atoms with Crippen molar-refractivity contribution in [1.82, 2.24) is 4.98 Å². The van der Waals surface area contributed by atoms with E-state index in [-0.39, 0.29) is 0 Å². The number of hydrogen-bond acceptors (Lipinski definition) is 1. The fraction of sp³-hybridized carbons (Fsp3) is 0.286. The van der Waals surface area contributed by atoms with E-state index >= 15 is 0 Å². The first kappa shape index (κ1) is 14.3. The van der Waals surface area contributed by atoms with Gasteiger partial charge >= 0.3 is 0 Å². The molecule has 0 spiro atoms. The third-order valence-corrected chi connectivity index (χ3v) is 4.86. The number of aromatic amines is 1. The molecule has 0 amide bonds. The predicted molar refractivity (Wildman–Crippen MR) is 97.8 cm³/mol. The molecule has 1 aliphatic rings. The maximum absolute atomic E-state index is 4.60. The molecule has 0 unspecified atom stereocenters. The van der Waals surface area contributed by atoms with Crippen LogP contribution in [0.2, 0.25) is 0 Å². The molecule has 0 bridgehead atoms. The second kappa shape index (κ2) is 6.41. The van der Waals surface area contributed by atoms with Crippen molar-refractivity contribution in [2.75, 3.05) is 0 Å². The first-order valence-electron chi connectivity index (χ1n) is 8.61. The molecular weight excluding hydrogens is 280 g/mol. The summed E-state index contributed by atoms with van der Waals surface area (Å²) in [6.45, 7) is 0. The van der Waals surface area contributed by atoms with Gasteiger partial charge in [0.25, 0.3) is 0 Å². The molecule has 4 rings (SSSR count). The number of para-hydroxylation sites is 2. The van der Waals surface area contributed by atoms with Gasteiger partial charge in [-0.05, 0) is 37.0 Å². The SMILES string of the molecule is C(=Nc1ccccc1)c1cccc2cc(C3CCCCC3)[nH]c12. The number of aromatic nitrogens is 1. The Morgan fingerprint density at radius 2 is 1.74 bits per heavy atom. The molecule has 2 aromatic carbocycles. The molecule has 1 aliphatic carbocycles. The summed E-state index contributed by atoms with van der Waals surface area (Å²) in [5.74, 6) is 0.704. The van der Waals surface area contributed by atoms with E-state index in [2.05, 4.69) is 34.2 Å². The van der Waals surface area contributed by atoms with E-state index in [1.807, 2.05) is 36.5 Å². The van der Waals surface area contributed by atoms with E-state index < -0.39 is 0 Å². The molecule has 116 valence electrons. The zero-order valence-corrected chi connectivity index (χ0v) is 13.3. The maximum atomic E-state index is 4.60. The normalized spacial score (nSPS) is 16.3. The Hall–Kier alpha value is -2.35. The van der Waals surface area contributed by atoms with E-state index in [1.54, 1.807) is 0 Å². The zero-order valence-electron chi connectivity index (χ0n) is 13.3. The molecule has 1 fully saturated rings. The highest BCUT2D eigenvalue weighted by Crippen LogP contribution is 2.34. The number of H-pyrrole nitrogens is 1. The minimum atomic E-state index is 0.704. The lowest BCUT2D eigenvalue weighted by molar-refractivity contribution is 0.438. The summed E-state index contributed by atoms with van der Waals surface area (Å²) in [4.78, 5) is 8.28. The van der Waals surface area contributed by atoms with Gasteiger partial charge in [-0.15, -0.1) is 0 Å². The van der Waals surface area contributed by atoms with Crippen molar-refractivity contribution < 1.29 is 0 Å². The van der Waals surface area contributed by atoms with Gasteiger partial charge < -0.3 is 4.98 Å². The van der Waals surface area contributed by atoms with Crippen LogP contribution in [-0.2, 0) is 0 Å². The van der Waals surface area contributed by atoms with E-state index in [9.17, 15) is 0 Å². The number of hydrogen-bond donors (Lipinski definition) is 1. The van der Waals surface area contributed by atoms with Gasteiger partial charge in [0, 0.05) is 22.9 Å². The number of nitrogens with one attached hydrogen (secondary N) is 1. The quantitative estimate of drug-likeness (QED) is 0.578. The van der Waals surface area contributed by atoms with Crippen LogP contribution in [0.15, 0.2) is 59.6 Å². The van der Waals surface area contributed by atoms with Crippen LogP contribution in [0.1, 0.15) is 49.3 Å². The average molecular weight is 302 g/mol. The molecule has 2 heteroatoms. The molecule has 2 nitrogen and oxygen atoms in total. The molecule has 0 saturated heterocycles. The third-order valence-electron chi connectivity index (χ3n) is 4.86. The molecule has 1 N–H and O–H groups in total. The fourth-order valence-electron chi connectivity index (χ4n) is 3.60. The van der Waals surface area contributed by atoms with Gasteiger partial charge in [0.15, 0.2) is 0 Å². The topological polar surface area (TPSA) is 28.1 Å². The second-order valence-electron chi connectivity index (χ2n) is 6.46. The van der Waals surface area contributed by atoms with Gasteiger partial charge in [-0.3, -0.25) is 4.99 Å². The fourth-order valence-corrected chi connectivity index (χ4v) is 3.60. The summed E-state index contributed by atoms with van der Waals surface area (Å²) in [7, 11) is 0. The lowest BCUT2D eigenvalue weighted by atomic mass is 9.87. The average Bonchev–Trinajstić information content (AvgIpc) is 3.06. The van der Waals surface area contributed by atoms with Crippen molar-refractivity contribution in [1.29, 1.82) is 0 Å². The molecule has 0 radical (unpaired) electrons. The Balaban J connectivity index is 1.67. The first-order valence-corrected chi connectivity index (χ1v) is 8.61. The van der Waals surface area contributed by atoms with E-state index in [4.69, 9.17) is 0 Å². The summed E-state index contributed by atoms with van der Waals surface area (Å²) in [5.41, 5.74) is 4.77. The Morgan fingerprint density at radius 1 is 0.913 bits per heavy atom. The zero-order chi connectivity index (χ0) is 15.5. The van der Waals surface area contributed by atoms with Crippen LogP contribution in [-0.4, -0.2) is 11.2 Å². The van der Waals surface area contributed by atoms with Crippen molar-refractivity contribution in [2.24, 2.45) is 4.99 Å². The molecule has 1 aromatic heterocycles. The van der Waals surface area contributed by atoms with Crippen LogP contribution in [0.4, 0.5) is 5.69 Å². The summed E-state index contributed by atoms with van der Waals surface area (Å²) in [5, 5.41) is 1.29. The van der Waals surface area contributed by atoms with Crippen molar-refractivity contribution in [3.05, 3.63) is 65.9 Å². The van der Waals surface area contributed by atoms with Crippen LogP contribution in [0.3, 0.4) is 0 Å². The smallest absolute Gasteiger partial charge is 0.0629 e. The lowest BCUT2D eigenvalue weighted by Gasteiger charge is -2.20. The Labute approximate surface area is 137 Å². The number of benzene rings is 2. The Kier molecular flexibility index (Phi) is 3.97. The summed E-state index contributed by atoms with van der Waals surface area (Å²) < 4.78 is 0. The maximum Gasteiger partial charge on any atom is 0.0629 e. The van der Waals surface area contributed by atoms with Crippen molar-refractivity contribution >= 4 is 22.8 Å².